The zero-order chi connectivity index (χ0) is 12.1. The molecule has 0 aliphatic rings. The first-order chi connectivity index (χ1) is 7.56. The van der Waals surface area contributed by atoms with Crippen LogP contribution in [-0.4, -0.2) is 29.7 Å². The molecular weight excluding hydrogens is 226 g/mol. The van der Waals surface area contributed by atoms with Gasteiger partial charge in [-0.3, -0.25) is 0 Å². The lowest BCUT2D eigenvalue weighted by molar-refractivity contribution is 0.128. The van der Waals surface area contributed by atoms with Gasteiger partial charge in [0.05, 0.1) is 6.10 Å². The first kappa shape index (κ1) is 13.2. The molecule has 1 rings (SSSR count). The SMILES string of the molecule is COC(C)CNc1ncnc(Cl)c1C(C)C. The van der Waals surface area contributed by atoms with Gasteiger partial charge < -0.3 is 10.1 Å². The highest BCUT2D eigenvalue weighted by Crippen LogP contribution is 2.27. The lowest BCUT2D eigenvalue weighted by Crippen LogP contribution is -2.19. The standard InChI is InChI=1S/C11H18ClN3O/c1-7(2)9-10(12)14-6-15-11(9)13-5-8(3)16-4/h6-8H,5H2,1-4H3,(H,13,14,15). The molecule has 1 aromatic rings. The Balaban J connectivity index is 2.83. The number of rotatable bonds is 5. The monoisotopic (exact) mass is 243 g/mol. The minimum Gasteiger partial charge on any atom is -0.380 e. The molecule has 0 radical (unpaired) electrons. The Hall–Kier alpha value is -0.870. The predicted octanol–water partition coefficient (Wildman–Crippen LogP) is 2.70. The quantitative estimate of drug-likeness (QED) is 0.808. The molecule has 1 aromatic heterocycles. The average molecular weight is 244 g/mol. The van der Waals surface area contributed by atoms with Gasteiger partial charge >= 0.3 is 0 Å². The number of hydrogen-bond acceptors (Lipinski definition) is 4. The molecule has 0 fully saturated rings. The van der Waals surface area contributed by atoms with E-state index in [0.717, 1.165) is 11.4 Å². The molecule has 0 saturated carbocycles. The summed E-state index contributed by atoms with van der Waals surface area (Å²) in [4.78, 5) is 8.20. The van der Waals surface area contributed by atoms with Crippen LogP contribution in [0, 0.1) is 0 Å². The van der Waals surface area contributed by atoms with E-state index >= 15 is 0 Å². The molecular formula is C11H18ClN3O. The van der Waals surface area contributed by atoms with E-state index in [1.807, 2.05) is 6.92 Å². The van der Waals surface area contributed by atoms with Crippen LogP contribution in [0.25, 0.3) is 0 Å². The highest BCUT2D eigenvalue weighted by atomic mass is 35.5. The van der Waals surface area contributed by atoms with E-state index in [1.54, 1.807) is 7.11 Å². The summed E-state index contributed by atoms with van der Waals surface area (Å²) in [5.74, 6) is 1.08. The van der Waals surface area contributed by atoms with Crippen molar-refractivity contribution >= 4 is 17.4 Å². The van der Waals surface area contributed by atoms with Crippen LogP contribution in [0.3, 0.4) is 0 Å². The molecule has 1 unspecified atom stereocenters. The maximum Gasteiger partial charge on any atom is 0.138 e. The van der Waals surface area contributed by atoms with E-state index < -0.39 is 0 Å². The third kappa shape index (κ3) is 3.32. The fraction of sp³-hybridized carbons (Fsp3) is 0.636. The second-order valence-corrected chi connectivity index (χ2v) is 4.37. The van der Waals surface area contributed by atoms with Crippen LogP contribution < -0.4 is 5.32 Å². The second-order valence-electron chi connectivity index (χ2n) is 4.01. The van der Waals surface area contributed by atoms with Crippen LogP contribution >= 0.6 is 11.6 Å². The molecule has 90 valence electrons. The number of nitrogens with zero attached hydrogens (tertiary/aromatic N) is 2. The molecule has 1 heterocycles. The zero-order valence-corrected chi connectivity index (χ0v) is 10.9. The van der Waals surface area contributed by atoms with Crippen molar-refractivity contribution < 1.29 is 4.74 Å². The first-order valence-corrected chi connectivity index (χ1v) is 5.71. The Morgan fingerprint density at radius 1 is 1.38 bits per heavy atom. The summed E-state index contributed by atoms with van der Waals surface area (Å²) < 4.78 is 5.16. The van der Waals surface area contributed by atoms with E-state index in [9.17, 15) is 0 Å². The maximum atomic E-state index is 6.05. The van der Waals surface area contributed by atoms with Gasteiger partial charge in [0.15, 0.2) is 0 Å². The van der Waals surface area contributed by atoms with Crippen molar-refractivity contribution in [1.29, 1.82) is 0 Å². The summed E-state index contributed by atoms with van der Waals surface area (Å²) in [5.41, 5.74) is 0.951. The van der Waals surface area contributed by atoms with Gasteiger partial charge in [-0.25, -0.2) is 9.97 Å². The molecule has 1 atom stereocenters. The molecule has 16 heavy (non-hydrogen) atoms. The summed E-state index contributed by atoms with van der Waals surface area (Å²) in [6.07, 6.45) is 1.60. The van der Waals surface area contributed by atoms with Crippen molar-refractivity contribution in [2.24, 2.45) is 0 Å². The van der Waals surface area contributed by atoms with Crippen LogP contribution in [-0.2, 0) is 4.74 Å². The smallest absolute Gasteiger partial charge is 0.138 e. The Kier molecular flexibility index (Phi) is 4.96. The molecule has 0 spiro atoms. The van der Waals surface area contributed by atoms with Crippen molar-refractivity contribution in [3.63, 3.8) is 0 Å². The van der Waals surface area contributed by atoms with E-state index in [2.05, 4.69) is 29.1 Å². The van der Waals surface area contributed by atoms with Gasteiger partial charge in [0.2, 0.25) is 0 Å². The Morgan fingerprint density at radius 2 is 2.06 bits per heavy atom. The Bertz CT molecular complexity index is 344. The zero-order valence-electron chi connectivity index (χ0n) is 10.1. The van der Waals surface area contributed by atoms with Gasteiger partial charge in [-0.1, -0.05) is 25.4 Å². The summed E-state index contributed by atoms with van der Waals surface area (Å²) in [7, 11) is 1.68. The van der Waals surface area contributed by atoms with Crippen molar-refractivity contribution in [3.05, 3.63) is 17.0 Å². The van der Waals surface area contributed by atoms with Gasteiger partial charge in [-0.15, -0.1) is 0 Å². The molecule has 0 aliphatic heterocycles. The molecule has 0 bridgehead atoms. The van der Waals surface area contributed by atoms with Crippen molar-refractivity contribution in [1.82, 2.24) is 9.97 Å². The van der Waals surface area contributed by atoms with Crippen LogP contribution in [0.1, 0.15) is 32.3 Å². The topological polar surface area (TPSA) is 47.0 Å². The lowest BCUT2D eigenvalue weighted by Gasteiger charge is -2.16. The van der Waals surface area contributed by atoms with Gasteiger partial charge in [0.25, 0.3) is 0 Å². The Morgan fingerprint density at radius 3 is 2.62 bits per heavy atom. The van der Waals surface area contributed by atoms with E-state index in [0.29, 0.717) is 11.7 Å². The van der Waals surface area contributed by atoms with Crippen molar-refractivity contribution in [2.45, 2.75) is 32.8 Å². The van der Waals surface area contributed by atoms with Gasteiger partial charge in [0.1, 0.15) is 17.3 Å². The minimum atomic E-state index is 0.133. The van der Waals surface area contributed by atoms with Gasteiger partial charge in [0, 0.05) is 19.2 Å². The molecule has 0 amide bonds. The largest absolute Gasteiger partial charge is 0.380 e. The highest BCUT2D eigenvalue weighted by molar-refractivity contribution is 6.30. The third-order valence-electron chi connectivity index (χ3n) is 2.37. The summed E-state index contributed by atoms with van der Waals surface area (Å²) in [6, 6.07) is 0. The number of methoxy groups -OCH3 is 1. The molecule has 5 heteroatoms. The van der Waals surface area contributed by atoms with Crippen LogP contribution in [0.4, 0.5) is 5.82 Å². The molecule has 0 aliphatic carbocycles. The van der Waals surface area contributed by atoms with Crippen LogP contribution in [0.15, 0.2) is 6.33 Å². The number of ether oxygens (including phenoxy) is 1. The van der Waals surface area contributed by atoms with Crippen LogP contribution in [0.5, 0.6) is 0 Å². The fourth-order valence-electron chi connectivity index (χ4n) is 1.35. The number of nitrogens with one attached hydrogen (secondary N) is 1. The van der Waals surface area contributed by atoms with Crippen molar-refractivity contribution in [2.75, 3.05) is 19.0 Å². The predicted molar refractivity (Wildman–Crippen MR) is 66.1 cm³/mol. The Labute approximate surface area is 101 Å². The normalized spacial score (nSPS) is 12.9. The molecule has 0 saturated heterocycles. The van der Waals surface area contributed by atoms with Gasteiger partial charge in [-0.2, -0.15) is 0 Å². The van der Waals surface area contributed by atoms with E-state index in [1.165, 1.54) is 6.33 Å². The molecule has 0 aromatic carbocycles. The number of aromatic nitrogens is 2. The minimum absolute atomic E-state index is 0.133. The number of hydrogen-bond donors (Lipinski definition) is 1. The average Bonchev–Trinajstić information content (AvgIpc) is 2.25. The summed E-state index contributed by atoms with van der Waals surface area (Å²) in [5, 5.41) is 3.74. The fourth-order valence-corrected chi connectivity index (χ4v) is 1.70. The lowest BCUT2D eigenvalue weighted by atomic mass is 10.1. The number of halogens is 1. The van der Waals surface area contributed by atoms with Crippen molar-refractivity contribution in [3.8, 4) is 0 Å². The molecule has 4 nitrogen and oxygen atoms in total. The highest BCUT2D eigenvalue weighted by Gasteiger charge is 2.13. The van der Waals surface area contributed by atoms with E-state index in [4.69, 9.17) is 16.3 Å². The summed E-state index contributed by atoms with van der Waals surface area (Å²) in [6.45, 7) is 6.82. The van der Waals surface area contributed by atoms with Crippen LogP contribution in [0.2, 0.25) is 5.15 Å². The second kappa shape index (κ2) is 6.01. The van der Waals surface area contributed by atoms with E-state index in [-0.39, 0.29) is 12.0 Å². The third-order valence-corrected chi connectivity index (χ3v) is 2.67. The molecule has 1 N–H and O–H groups in total. The van der Waals surface area contributed by atoms with Gasteiger partial charge in [-0.05, 0) is 12.8 Å². The maximum absolute atomic E-state index is 6.05. The number of anilines is 1. The summed E-state index contributed by atoms with van der Waals surface area (Å²) >= 11 is 6.05. The first-order valence-electron chi connectivity index (χ1n) is 5.33.